The van der Waals surface area contributed by atoms with Crippen molar-refractivity contribution in [2.75, 3.05) is 13.4 Å². The molecule has 1 aromatic carbocycles. The zero-order valence-corrected chi connectivity index (χ0v) is 21.1. The van der Waals surface area contributed by atoms with Gasteiger partial charge in [0.15, 0.2) is 5.76 Å². The second-order valence-corrected chi connectivity index (χ2v) is 9.58. The first-order chi connectivity index (χ1) is 15.5. The van der Waals surface area contributed by atoms with E-state index in [0.29, 0.717) is 27.9 Å². The van der Waals surface area contributed by atoms with Crippen molar-refractivity contribution in [3.8, 4) is 6.07 Å². The molecule has 0 aliphatic rings. The monoisotopic (exact) mass is 473 g/mol. The summed E-state index contributed by atoms with van der Waals surface area (Å²) in [6.45, 7) is 12.0. The van der Waals surface area contributed by atoms with E-state index in [2.05, 4.69) is 31.9 Å². The molecule has 0 aliphatic heterocycles. The minimum Gasteiger partial charge on any atom is -0.453 e. The Bertz CT molecular complexity index is 1040. The van der Waals surface area contributed by atoms with Gasteiger partial charge in [0.1, 0.15) is 17.3 Å². The summed E-state index contributed by atoms with van der Waals surface area (Å²) in [6, 6.07) is 9.88. The van der Waals surface area contributed by atoms with E-state index in [1.807, 2.05) is 38.1 Å². The van der Waals surface area contributed by atoms with Crippen LogP contribution in [0.5, 0.6) is 0 Å². The second-order valence-electron chi connectivity index (χ2n) is 9.20. The highest BCUT2D eigenvalue weighted by atomic mass is 35.5. The fourth-order valence-corrected chi connectivity index (χ4v) is 3.32. The zero-order valence-electron chi connectivity index (χ0n) is 20.4. The number of carbonyl (C=O) groups is 1. The molecule has 2 rings (SSSR count). The van der Waals surface area contributed by atoms with E-state index in [4.69, 9.17) is 25.8 Å². The predicted molar refractivity (Wildman–Crippen MR) is 128 cm³/mol. The lowest BCUT2D eigenvalue weighted by Gasteiger charge is -2.19. The summed E-state index contributed by atoms with van der Waals surface area (Å²) >= 11 is 6.48. The number of hydrogen-bond acceptors (Lipinski definition) is 6. The second kappa shape index (κ2) is 11.2. The van der Waals surface area contributed by atoms with Crippen molar-refractivity contribution in [2.24, 2.45) is 13.0 Å². The Morgan fingerprint density at radius 1 is 1.18 bits per heavy atom. The summed E-state index contributed by atoms with van der Waals surface area (Å²) in [6.07, 6.45) is -0.107. The lowest BCUT2D eigenvalue weighted by Crippen LogP contribution is -2.13. The van der Waals surface area contributed by atoms with E-state index in [-0.39, 0.29) is 23.4 Å². The lowest BCUT2D eigenvalue weighted by molar-refractivity contribution is -0.00690. The molecule has 1 heterocycles. The molecule has 0 spiro atoms. The van der Waals surface area contributed by atoms with Gasteiger partial charge in [-0.25, -0.2) is 4.79 Å². The molecule has 0 unspecified atom stereocenters. The largest absolute Gasteiger partial charge is 0.511 e. The van der Waals surface area contributed by atoms with E-state index in [9.17, 15) is 10.1 Å². The quantitative estimate of drug-likeness (QED) is 0.195. The molecule has 8 heteroatoms. The maximum absolute atomic E-state index is 11.9. The van der Waals surface area contributed by atoms with Gasteiger partial charge in [-0.05, 0) is 35.8 Å². The van der Waals surface area contributed by atoms with E-state index in [0.717, 1.165) is 12.0 Å². The number of aryl methyl sites for hydroxylation is 2. The van der Waals surface area contributed by atoms with E-state index >= 15 is 0 Å². The first kappa shape index (κ1) is 26.3. The van der Waals surface area contributed by atoms with Crippen LogP contribution in [0.2, 0.25) is 5.02 Å². The molecule has 0 radical (unpaired) electrons. The fraction of sp³-hybridized carbons (Fsp3) is 0.480. The maximum Gasteiger partial charge on any atom is 0.511 e. The highest BCUT2D eigenvalue weighted by Gasteiger charge is 2.23. The van der Waals surface area contributed by atoms with Crippen LogP contribution in [-0.4, -0.2) is 29.3 Å². The number of carbonyl (C=O) groups excluding carboxylic acids is 1. The third-order valence-electron chi connectivity index (χ3n) is 5.04. The third kappa shape index (κ3) is 7.00. The van der Waals surface area contributed by atoms with Gasteiger partial charge >= 0.3 is 6.16 Å². The third-order valence-corrected chi connectivity index (χ3v) is 5.49. The van der Waals surface area contributed by atoms with Crippen LogP contribution in [0.15, 0.2) is 24.3 Å². The van der Waals surface area contributed by atoms with Crippen LogP contribution in [0.4, 0.5) is 4.79 Å². The predicted octanol–water partition coefficient (Wildman–Crippen LogP) is 6.24. The molecule has 33 heavy (non-hydrogen) atoms. The van der Waals surface area contributed by atoms with Gasteiger partial charge in [0.25, 0.3) is 0 Å². The van der Waals surface area contributed by atoms with Gasteiger partial charge in [-0.1, -0.05) is 70.5 Å². The molecule has 0 aliphatic carbocycles. The van der Waals surface area contributed by atoms with Gasteiger partial charge < -0.3 is 14.2 Å². The molecule has 178 valence electrons. The summed E-state index contributed by atoms with van der Waals surface area (Å²) in [5.74, 6) is 0.575. The van der Waals surface area contributed by atoms with E-state index < -0.39 is 12.9 Å². The molecule has 0 amide bonds. The highest BCUT2D eigenvalue weighted by Crippen LogP contribution is 2.34. The molecule has 0 N–H and O–H groups in total. The molecule has 0 fully saturated rings. The molecule has 0 bridgehead atoms. The van der Waals surface area contributed by atoms with Gasteiger partial charge in [-0.3, -0.25) is 4.68 Å². The highest BCUT2D eigenvalue weighted by molar-refractivity contribution is 6.33. The van der Waals surface area contributed by atoms with Crippen LogP contribution in [0.3, 0.4) is 0 Å². The number of halogens is 1. The maximum atomic E-state index is 11.9. The smallest absolute Gasteiger partial charge is 0.453 e. The van der Waals surface area contributed by atoms with Gasteiger partial charge in [0.05, 0.1) is 17.3 Å². The minimum absolute atomic E-state index is 0.0272. The summed E-state index contributed by atoms with van der Waals surface area (Å²) < 4.78 is 17.4. The Hall–Kier alpha value is -2.98. The first-order valence-electron chi connectivity index (χ1n) is 10.8. The van der Waals surface area contributed by atoms with Crippen LogP contribution in [-0.2, 0) is 26.7 Å². The lowest BCUT2D eigenvalue weighted by atomic mass is 9.86. The normalized spacial score (nSPS) is 12.2. The van der Waals surface area contributed by atoms with Crippen molar-refractivity contribution in [3.63, 3.8) is 0 Å². The average molecular weight is 474 g/mol. The van der Waals surface area contributed by atoms with Crippen molar-refractivity contribution in [2.45, 2.75) is 53.4 Å². The number of hydrogen-bond donors (Lipinski definition) is 0. The van der Waals surface area contributed by atoms with Crippen molar-refractivity contribution in [1.29, 1.82) is 5.26 Å². The Morgan fingerprint density at radius 2 is 1.82 bits per heavy atom. The molecule has 0 saturated carbocycles. The van der Waals surface area contributed by atoms with E-state index in [1.54, 1.807) is 14.0 Å². The number of nitrogens with zero attached hydrogens (tertiary/aromatic N) is 3. The number of aromatic nitrogens is 2. The summed E-state index contributed by atoms with van der Waals surface area (Å²) in [5, 5.41) is 14.7. The Kier molecular flexibility index (Phi) is 8.95. The van der Waals surface area contributed by atoms with E-state index in [1.165, 1.54) is 4.68 Å². The topological polar surface area (TPSA) is 86.4 Å². The molecular weight excluding hydrogens is 442 g/mol. The first-order valence-corrected chi connectivity index (χ1v) is 11.2. The Labute approximate surface area is 200 Å². The molecule has 2 aromatic rings. The van der Waals surface area contributed by atoms with Gasteiger partial charge in [-0.15, -0.1) is 0 Å². The zero-order chi connectivity index (χ0) is 24.8. The van der Waals surface area contributed by atoms with Crippen LogP contribution in [0.1, 0.15) is 63.6 Å². The molecule has 7 nitrogen and oxygen atoms in total. The Morgan fingerprint density at radius 3 is 2.30 bits per heavy atom. The molecule has 0 saturated heterocycles. The van der Waals surface area contributed by atoms with Crippen molar-refractivity contribution >= 4 is 29.1 Å². The number of rotatable bonds is 8. The summed E-state index contributed by atoms with van der Waals surface area (Å²) in [7, 11) is 1.70. The van der Waals surface area contributed by atoms with Crippen molar-refractivity contribution in [1.82, 2.24) is 9.78 Å². The summed E-state index contributed by atoms with van der Waals surface area (Å²) in [4.78, 5) is 11.9. The number of allylic oxidation sites excluding steroid dienone is 1. The SMILES string of the molecule is Cc1nn(C)c(/C(OCOC(=O)OCCC(C)C)=C(\C#N)c2ccc(C(C)(C)C)cc2)c1Cl. The van der Waals surface area contributed by atoms with Crippen LogP contribution in [0, 0.1) is 24.2 Å². The number of benzene rings is 1. The van der Waals surface area contributed by atoms with Crippen molar-refractivity contribution < 1.29 is 19.0 Å². The van der Waals surface area contributed by atoms with Gasteiger partial charge in [0.2, 0.25) is 6.79 Å². The van der Waals surface area contributed by atoms with Crippen LogP contribution < -0.4 is 0 Å². The summed E-state index contributed by atoms with van der Waals surface area (Å²) in [5.41, 5.74) is 3.01. The standard InChI is InChI=1S/C25H32ClN3O4/c1-16(2)12-13-31-24(30)33-15-32-23(22-21(26)17(3)28-29(22)7)20(14-27)18-8-10-19(11-9-18)25(4,5)6/h8-11,16H,12-13,15H2,1-7H3/b23-20-. The average Bonchev–Trinajstić information content (AvgIpc) is 2.98. The van der Waals surface area contributed by atoms with Gasteiger partial charge in [-0.2, -0.15) is 10.4 Å². The fourth-order valence-electron chi connectivity index (χ4n) is 3.08. The molecular formula is C25H32ClN3O4. The van der Waals surface area contributed by atoms with Crippen molar-refractivity contribution in [3.05, 3.63) is 51.8 Å². The molecule has 0 atom stereocenters. The molecule has 1 aromatic heterocycles. The number of ether oxygens (including phenoxy) is 3. The minimum atomic E-state index is -0.838. The van der Waals surface area contributed by atoms with Gasteiger partial charge in [0, 0.05) is 7.05 Å². The Balaban J connectivity index is 2.37. The van der Waals surface area contributed by atoms with Crippen LogP contribution >= 0.6 is 11.6 Å². The number of nitriles is 1. The van der Waals surface area contributed by atoms with Crippen LogP contribution in [0.25, 0.3) is 11.3 Å².